The van der Waals surface area contributed by atoms with Gasteiger partial charge in [0.15, 0.2) is 0 Å². The average molecular weight is 355 g/mol. The highest BCUT2D eigenvalue weighted by molar-refractivity contribution is 9.10. The van der Waals surface area contributed by atoms with Crippen molar-refractivity contribution in [2.45, 2.75) is 25.3 Å². The van der Waals surface area contributed by atoms with E-state index < -0.39 is 0 Å². The largest absolute Gasteiger partial charge is 0.381 e. The molecule has 21 heavy (non-hydrogen) atoms. The maximum atomic E-state index is 5.57. The molecule has 2 unspecified atom stereocenters. The second kappa shape index (κ2) is 8.89. The van der Waals surface area contributed by atoms with E-state index in [1.54, 1.807) is 0 Å². The molecule has 0 saturated carbocycles. The highest BCUT2D eigenvalue weighted by atomic mass is 79.9. The van der Waals surface area contributed by atoms with Crippen molar-refractivity contribution in [1.29, 1.82) is 0 Å². The van der Waals surface area contributed by atoms with Crippen LogP contribution < -0.4 is 5.32 Å². The molecule has 2 rings (SSSR count). The van der Waals surface area contributed by atoms with Crippen molar-refractivity contribution in [3.8, 4) is 0 Å². The van der Waals surface area contributed by atoms with Crippen LogP contribution in [0, 0.1) is 5.92 Å². The summed E-state index contributed by atoms with van der Waals surface area (Å²) in [5, 5.41) is 3.44. The van der Waals surface area contributed by atoms with Crippen molar-refractivity contribution >= 4 is 15.9 Å². The fraction of sp³-hybridized carbons (Fsp3) is 0.647. The molecule has 1 aromatic rings. The summed E-state index contributed by atoms with van der Waals surface area (Å²) in [6, 6.07) is 8.87. The van der Waals surface area contributed by atoms with Crippen molar-refractivity contribution in [2.75, 3.05) is 40.4 Å². The fourth-order valence-electron chi connectivity index (χ4n) is 3.05. The Balaban J connectivity index is 1.81. The van der Waals surface area contributed by atoms with Crippen LogP contribution in [-0.4, -0.2) is 45.3 Å². The summed E-state index contributed by atoms with van der Waals surface area (Å²) in [6.45, 7) is 4.13. The van der Waals surface area contributed by atoms with E-state index >= 15 is 0 Å². The minimum atomic E-state index is 0.394. The van der Waals surface area contributed by atoms with Gasteiger partial charge in [0.1, 0.15) is 0 Å². The van der Waals surface area contributed by atoms with E-state index in [-0.39, 0.29) is 0 Å². The van der Waals surface area contributed by atoms with Gasteiger partial charge in [-0.1, -0.05) is 34.1 Å². The standard InChI is InChI=1S/C17H27BrN2O/c1-19-17(15-7-3-4-8-16(15)18)9-10-20(2)12-14-6-5-11-21-13-14/h3-4,7-8,14,17,19H,5-6,9-13H2,1-2H3. The Morgan fingerprint density at radius 1 is 1.43 bits per heavy atom. The lowest BCUT2D eigenvalue weighted by atomic mass is 10.0. The average Bonchev–Trinajstić information content (AvgIpc) is 2.50. The summed E-state index contributed by atoms with van der Waals surface area (Å²) >= 11 is 3.65. The first-order valence-electron chi connectivity index (χ1n) is 7.88. The van der Waals surface area contributed by atoms with Crippen LogP contribution in [0.4, 0.5) is 0 Å². The number of benzene rings is 1. The number of nitrogens with zero attached hydrogens (tertiary/aromatic N) is 1. The van der Waals surface area contributed by atoms with Gasteiger partial charge in [0.25, 0.3) is 0 Å². The number of nitrogens with one attached hydrogen (secondary N) is 1. The molecule has 0 spiro atoms. The topological polar surface area (TPSA) is 24.5 Å². The van der Waals surface area contributed by atoms with Gasteiger partial charge < -0.3 is 15.0 Å². The Labute approximate surface area is 137 Å². The highest BCUT2D eigenvalue weighted by Gasteiger charge is 2.17. The third-order valence-corrected chi connectivity index (χ3v) is 4.98. The van der Waals surface area contributed by atoms with Crippen LogP contribution in [0.15, 0.2) is 28.7 Å². The van der Waals surface area contributed by atoms with Gasteiger partial charge in [-0.05, 0) is 57.5 Å². The zero-order valence-electron chi connectivity index (χ0n) is 13.1. The Hall–Kier alpha value is -0.420. The molecule has 1 N–H and O–H groups in total. The minimum Gasteiger partial charge on any atom is -0.381 e. The van der Waals surface area contributed by atoms with Crippen LogP contribution >= 0.6 is 15.9 Å². The van der Waals surface area contributed by atoms with Gasteiger partial charge in [0.05, 0.1) is 6.61 Å². The van der Waals surface area contributed by atoms with E-state index in [1.807, 2.05) is 7.05 Å². The molecule has 0 amide bonds. The third kappa shape index (κ3) is 5.37. The molecule has 0 bridgehead atoms. The van der Waals surface area contributed by atoms with Crippen molar-refractivity contribution in [2.24, 2.45) is 5.92 Å². The number of hydrogen-bond donors (Lipinski definition) is 1. The second-order valence-corrected chi connectivity index (χ2v) is 6.85. The highest BCUT2D eigenvalue weighted by Crippen LogP contribution is 2.25. The quantitative estimate of drug-likeness (QED) is 0.811. The van der Waals surface area contributed by atoms with Crippen molar-refractivity contribution in [1.82, 2.24) is 10.2 Å². The predicted molar refractivity (Wildman–Crippen MR) is 91.6 cm³/mol. The van der Waals surface area contributed by atoms with Gasteiger partial charge in [-0.2, -0.15) is 0 Å². The molecule has 0 aromatic heterocycles. The van der Waals surface area contributed by atoms with Gasteiger partial charge >= 0.3 is 0 Å². The molecule has 1 aliphatic heterocycles. The molecular weight excluding hydrogens is 328 g/mol. The molecule has 1 aromatic carbocycles. The molecule has 2 atom stereocenters. The molecule has 0 radical (unpaired) electrons. The van der Waals surface area contributed by atoms with Gasteiger partial charge in [-0.3, -0.25) is 0 Å². The lowest BCUT2D eigenvalue weighted by Gasteiger charge is -2.28. The molecule has 4 heteroatoms. The first kappa shape index (κ1) is 16.9. The first-order valence-corrected chi connectivity index (χ1v) is 8.68. The van der Waals surface area contributed by atoms with Crippen LogP contribution in [0.5, 0.6) is 0 Å². The van der Waals surface area contributed by atoms with E-state index in [0.29, 0.717) is 12.0 Å². The lowest BCUT2D eigenvalue weighted by Crippen LogP contribution is -2.33. The van der Waals surface area contributed by atoms with Crippen LogP contribution in [0.2, 0.25) is 0 Å². The maximum Gasteiger partial charge on any atom is 0.0506 e. The molecule has 1 saturated heterocycles. The monoisotopic (exact) mass is 354 g/mol. The molecule has 3 nitrogen and oxygen atoms in total. The Morgan fingerprint density at radius 2 is 2.24 bits per heavy atom. The van der Waals surface area contributed by atoms with Crippen molar-refractivity contribution < 1.29 is 4.74 Å². The predicted octanol–water partition coefficient (Wildman–Crippen LogP) is 3.46. The second-order valence-electron chi connectivity index (χ2n) is 6.00. The maximum absolute atomic E-state index is 5.57. The SMILES string of the molecule is CNC(CCN(C)CC1CCCOC1)c1ccccc1Br. The van der Waals surface area contributed by atoms with Gasteiger partial charge in [-0.25, -0.2) is 0 Å². The molecule has 0 aliphatic carbocycles. The van der Waals surface area contributed by atoms with Crippen molar-refractivity contribution in [3.63, 3.8) is 0 Å². The molecular formula is C17H27BrN2O. The zero-order valence-corrected chi connectivity index (χ0v) is 14.7. The summed E-state index contributed by atoms with van der Waals surface area (Å²) in [5.74, 6) is 0.709. The van der Waals surface area contributed by atoms with Crippen LogP contribution in [-0.2, 0) is 4.74 Å². The van der Waals surface area contributed by atoms with E-state index in [4.69, 9.17) is 4.74 Å². The number of ether oxygens (including phenoxy) is 1. The number of hydrogen-bond acceptors (Lipinski definition) is 3. The molecule has 1 fully saturated rings. The Kier molecular flexibility index (Phi) is 7.17. The normalized spacial score (nSPS) is 20.7. The smallest absolute Gasteiger partial charge is 0.0506 e. The summed E-state index contributed by atoms with van der Waals surface area (Å²) in [5.41, 5.74) is 1.34. The van der Waals surface area contributed by atoms with E-state index in [2.05, 4.69) is 57.5 Å². The lowest BCUT2D eigenvalue weighted by molar-refractivity contribution is 0.0416. The Morgan fingerprint density at radius 3 is 2.90 bits per heavy atom. The Bertz CT molecular complexity index is 421. The first-order chi connectivity index (χ1) is 10.2. The summed E-state index contributed by atoms with van der Waals surface area (Å²) < 4.78 is 6.76. The number of halogens is 1. The number of rotatable bonds is 7. The van der Waals surface area contributed by atoms with Crippen LogP contribution in [0.25, 0.3) is 0 Å². The molecule has 118 valence electrons. The van der Waals surface area contributed by atoms with Gasteiger partial charge in [0.2, 0.25) is 0 Å². The summed E-state index contributed by atoms with van der Waals surface area (Å²) in [7, 11) is 4.26. The van der Waals surface area contributed by atoms with E-state index in [0.717, 1.165) is 32.7 Å². The molecule has 1 heterocycles. The third-order valence-electron chi connectivity index (χ3n) is 4.25. The van der Waals surface area contributed by atoms with Crippen molar-refractivity contribution in [3.05, 3.63) is 34.3 Å². The zero-order chi connectivity index (χ0) is 15.1. The van der Waals surface area contributed by atoms with Gasteiger partial charge in [-0.15, -0.1) is 0 Å². The van der Waals surface area contributed by atoms with E-state index in [9.17, 15) is 0 Å². The fourth-order valence-corrected chi connectivity index (χ4v) is 3.61. The summed E-state index contributed by atoms with van der Waals surface area (Å²) in [4.78, 5) is 2.44. The minimum absolute atomic E-state index is 0.394. The van der Waals surface area contributed by atoms with Crippen LogP contribution in [0.1, 0.15) is 30.9 Å². The molecule has 1 aliphatic rings. The van der Waals surface area contributed by atoms with E-state index in [1.165, 1.54) is 22.9 Å². The van der Waals surface area contributed by atoms with Gasteiger partial charge in [0, 0.05) is 23.7 Å². The summed E-state index contributed by atoms with van der Waals surface area (Å²) in [6.07, 6.45) is 3.64. The van der Waals surface area contributed by atoms with Crippen LogP contribution in [0.3, 0.4) is 0 Å².